The fraction of sp³-hybridized carbons (Fsp3) is 0.769. The van der Waals surface area contributed by atoms with Crippen LogP contribution in [0.3, 0.4) is 0 Å². The van der Waals surface area contributed by atoms with Gasteiger partial charge in [-0.1, -0.05) is 0 Å². The Morgan fingerprint density at radius 1 is 1.38 bits per heavy atom. The molecule has 3 rings (SSSR count). The molecule has 0 amide bonds. The zero-order chi connectivity index (χ0) is 15.0. The van der Waals surface area contributed by atoms with Crippen molar-refractivity contribution >= 4 is 10.0 Å². The highest BCUT2D eigenvalue weighted by Gasteiger charge is 2.34. The molecule has 0 spiro atoms. The number of H-pyrrole nitrogens is 1. The molecule has 21 heavy (non-hydrogen) atoms. The van der Waals surface area contributed by atoms with E-state index in [1.807, 2.05) is 13.8 Å². The first kappa shape index (κ1) is 15.0. The Bertz CT molecular complexity index is 586. The van der Waals surface area contributed by atoms with Crippen molar-refractivity contribution in [2.45, 2.75) is 56.5 Å². The highest BCUT2D eigenvalue weighted by Crippen LogP contribution is 2.24. The number of sulfonamides is 1. The SMILES string of the molecule is C[C@@H]1CN(S(=O)(=O)c2[nH]ncc2CNC2CC2)C[C@H](C)O1. The molecule has 2 atom stereocenters. The second-order valence-electron chi connectivity index (χ2n) is 5.96. The van der Waals surface area contributed by atoms with Crippen molar-refractivity contribution in [1.29, 1.82) is 0 Å². The van der Waals surface area contributed by atoms with Gasteiger partial charge in [-0.3, -0.25) is 5.10 Å². The second-order valence-corrected chi connectivity index (χ2v) is 7.83. The van der Waals surface area contributed by atoms with E-state index in [9.17, 15) is 8.42 Å². The first-order valence-electron chi connectivity index (χ1n) is 7.38. The number of nitrogens with zero attached hydrogens (tertiary/aromatic N) is 2. The Hall–Kier alpha value is -0.960. The summed E-state index contributed by atoms with van der Waals surface area (Å²) < 4.78 is 32.7. The van der Waals surface area contributed by atoms with E-state index in [1.165, 1.54) is 17.1 Å². The highest BCUT2D eigenvalue weighted by atomic mass is 32.2. The molecule has 118 valence electrons. The van der Waals surface area contributed by atoms with Crippen molar-refractivity contribution in [3.63, 3.8) is 0 Å². The molecule has 1 aliphatic carbocycles. The molecule has 2 fully saturated rings. The van der Waals surface area contributed by atoms with Crippen LogP contribution in [0.1, 0.15) is 32.3 Å². The Kier molecular flexibility index (Phi) is 4.04. The van der Waals surface area contributed by atoms with E-state index in [1.54, 1.807) is 6.20 Å². The maximum Gasteiger partial charge on any atom is 0.260 e. The third-order valence-corrected chi connectivity index (χ3v) is 5.67. The van der Waals surface area contributed by atoms with E-state index in [2.05, 4.69) is 15.5 Å². The van der Waals surface area contributed by atoms with Crippen LogP contribution in [0.4, 0.5) is 0 Å². The van der Waals surface area contributed by atoms with Crippen LogP contribution in [0.2, 0.25) is 0 Å². The predicted octanol–water partition coefficient (Wildman–Crippen LogP) is 0.460. The minimum absolute atomic E-state index is 0.0977. The van der Waals surface area contributed by atoms with Gasteiger partial charge in [0.05, 0.1) is 18.4 Å². The number of hydrogen-bond acceptors (Lipinski definition) is 5. The Morgan fingerprint density at radius 3 is 2.67 bits per heavy atom. The maximum atomic E-state index is 12.8. The van der Waals surface area contributed by atoms with E-state index >= 15 is 0 Å². The average Bonchev–Trinajstić information content (AvgIpc) is 3.11. The van der Waals surface area contributed by atoms with Crippen LogP contribution < -0.4 is 5.32 Å². The molecule has 2 heterocycles. The highest BCUT2D eigenvalue weighted by molar-refractivity contribution is 7.89. The van der Waals surface area contributed by atoms with Crippen LogP contribution >= 0.6 is 0 Å². The summed E-state index contributed by atoms with van der Waals surface area (Å²) in [5.74, 6) is 0. The van der Waals surface area contributed by atoms with Gasteiger partial charge in [0.2, 0.25) is 0 Å². The topological polar surface area (TPSA) is 87.3 Å². The van der Waals surface area contributed by atoms with Crippen LogP contribution in [0.15, 0.2) is 11.2 Å². The van der Waals surface area contributed by atoms with E-state index < -0.39 is 10.0 Å². The first-order valence-corrected chi connectivity index (χ1v) is 8.82. The van der Waals surface area contributed by atoms with Crippen LogP contribution in [0.5, 0.6) is 0 Å². The average molecular weight is 314 g/mol. The summed E-state index contributed by atoms with van der Waals surface area (Å²) in [4.78, 5) is 0. The third kappa shape index (κ3) is 3.28. The number of nitrogens with one attached hydrogen (secondary N) is 2. The van der Waals surface area contributed by atoms with Gasteiger partial charge in [-0.15, -0.1) is 0 Å². The molecule has 1 saturated carbocycles. The maximum absolute atomic E-state index is 12.8. The molecule has 1 aliphatic heterocycles. The van der Waals surface area contributed by atoms with Gasteiger partial charge in [0, 0.05) is 31.2 Å². The van der Waals surface area contributed by atoms with E-state index in [0.717, 1.165) is 0 Å². The quantitative estimate of drug-likeness (QED) is 0.824. The molecule has 0 radical (unpaired) electrons. The van der Waals surface area contributed by atoms with Crippen molar-refractivity contribution in [3.05, 3.63) is 11.8 Å². The van der Waals surface area contributed by atoms with Crippen molar-refractivity contribution in [1.82, 2.24) is 19.8 Å². The molecule has 1 aromatic heterocycles. The van der Waals surface area contributed by atoms with Crippen LogP contribution in [-0.2, 0) is 21.3 Å². The summed E-state index contributed by atoms with van der Waals surface area (Å²) in [5.41, 5.74) is 0.702. The molecule has 1 aromatic rings. The molecule has 2 aliphatic rings. The monoisotopic (exact) mass is 314 g/mol. The van der Waals surface area contributed by atoms with Gasteiger partial charge in [0.15, 0.2) is 5.03 Å². The smallest absolute Gasteiger partial charge is 0.260 e. The van der Waals surface area contributed by atoms with Gasteiger partial charge >= 0.3 is 0 Å². The van der Waals surface area contributed by atoms with E-state index in [0.29, 0.717) is 31.2 Å². The molecule has 0 aromatic carbocycles. The first-order chi connectivity index (χ1) is 9.96. The van der Waals surface area contributed by atoms with Crippen LogP contribution in [-0.4, -0.2) is 54.3 Å². The lowest BCUT2D eigenvalue weighted by atomic mass is 10.3. The van der Waals surface area contributed by atoms with E-state index in [4.69, 9.17) is 4.74 Å². The molecule has 0 unspecified atom stereocenters. The van der Waals surface area contributed by atoms with Gasteiger partial charge in [-0.25, -0.2) is 8.42 Å². The molecule has 8 heteroatoms. The summed E-state index contributed by atoms with van der Waals surface area (Å²) in [6, 6.07) is 0.527. The molecular formula is C13H22N4O3S. The van der Waals surface area contributed by atoms with Gasteiger partial charge in [0.25, 0.3) is 10.0 Å². The number of rotatable bonds is 5. The standard InChI is InChI=1S/C13H22N4O3S/c1-9-7-17(8-10(2)20-9)21(18,19)13-11(6-15-16-13)5-14-12-3-4-12/h6,9-10,12,14H,3-5,7-8H2,1-2H3,(H,15,16)/t9-,10+. The third-order valence-electron chi connectivity index (χ3n) is 3.82. The largest absolute Gasteiger partial charge is 0.373 e. The Labute approximate surface area is 125 Å². The van der Waals surface area contributed by atoms with Gasteiger partial charge in [-0.2, -0.15) is 9.40 Å². The lowest BCUT2D eigenvalue weighted by Gasteiger charge is -2.34. The molecular weight excluding hydrogens is 292 g/mol. The lowest BCUT2D eigenvalue weighted by molar-refractivity contribution is -0.0441. The summed E-state index contributed by atoms with van der Waals surface area (Å²) in [7, 11) is -3.55. The molecule has 1 saturated heterocycles. The molecule has 0 bridgehead atoms. The van der Waals surface area contributed by atoms with Gasteiger partial charge < -0.3 is 10.1 Å². The number of hydrogen-bond donors (Lipinski definition) is 2. The summed E-state index contributed by atoms with van der Waals surface area (Å²) in [6.07, 6.45) is 3.73. The number of morpholine rings is 1. The van der Waals surface area contributed by atoms with Crippen molar-refractivity contribution in [2.24, 2.45) is 0 Å². The summed E-state index contributed by atoms with van der Waals surface area (Å²) in [5, 5.41) is 10.1. The fourth-order valence-electron chi connectivity index (χ4n) is 2.65. The van der Waals surface area contributed by atoms with Crippen LogP contribution in [0.25, 0.3) is 0 Å². The summed E-state index contributed by atoms with van der Waals surface area (Å²) >= 11 is 0. The minimum Gasteiger partial charge on any atom is -0.373 e. The van der Waals surface area contributed by atoms with Crippen molar-refractivity contribution in [2.75, 3.05) is 13.1 Å². The Balaban J connectivity index is 1.78. The van der Waals surface area contributed by atoms with Crippen molar-refractivity contribution in [3.8, 4) is 0 Å². The minimum atomic E-state index is -3.55. The van der Waals surface area contributed by atoms with E-state index in [-0.39, 0.29) is 17.2 Å². The van der Waals surface area contributed by atoms with Gasteiger partial charge in [0.1, 0.15) is 0 Å². The zero-order valence-electron chi connectivity index (χ0n) is 12.4. The van der Waals surface area contributed by atoms with Crippen LogP contribution in [0, 0.1) is 0 Å². The predicted molar refractivity (Wildman–Crippen MR) is 77.2 cm³/mol. The number of aromatic nitrogens is 2. The molecule has 2 N–H and O–H groups in total. The lowest BCUT2D eigenvalue weighted by Crippen LogP contribution is -2.48. The fourth-order valence-corrected chi connectivity index (χ4v) is 4.34. The normalized spacial score (nSPS) is 27.9. The Morgan fingerprint density at radius 2 is 2.05 bits per heavy atom. The van der Waals surface area contributed by atoms with Crippen molar-refractivity contribution < 1.29 is 13.2 Å². The second kappa shape index (κ2) is 5.68. The van der Waals surface area contributed by atoms with Gasteiger partial charge in [-0.05, 0) is 26.7 Å². The summed E-state index contributed by atoms with van der Waals surface area (Å²) in [6.45, 7) is 5.06. The molecule has 7 nitrogen and oxygen atoms in total. The number of aromatic amines is 1. The number of ether oxygens (including phenoxy) is 1. The zero-order valence-corrected chi connectivity index (χ0v) is 13.2.